The lowest BCUT2D eigenvalue weighted by Gasteiger charge is -2.25. The third kappa shape index (κ3) is 7.31. The zero-order valence-electron chi connectivity index (χ0n) is 16.8. The topological polar surface area (TPSA) is 90.0 Å². The van der Waals surface area contributed by atoms with Crippen molar-refractivity contribution in [1.82, 2.24) is 15.1 Å². The zero-order chi connectivity index (χ0) is 20.5. The Bertz CT molecular complexity index is 675. The summed E-state index contributed by atoms with van der Waals surface area (Å²) in [5.41, 5.74) is 2.30. The Labute approximate surface area is 166 Å². The average Bonchev–Trinajstić information content (AvgIpc) is 2.91. The standard InChI is InChI=1S/C21H31N3O4/c1-16-5-7-17(8-6-16)9-10-19(25)22-14-20(26)24-12-3-4-18(11-13-24)23(2)15-21(27)28/h5-8,18H,3-4,9-15H2,1-2H3,(H,22,25)(H,27,28). The Hall–Kier alpha value is -2.41. The first-order chi connectivity index (χ1) is 13.3. The number of nitrogens with zero attached hydrogens (tertiary/aromatic N) is 2. The number of aliphatic carboxylic acids is 1. The maximum atomic E-state index is 12.4. The van der Waals surface area contributed by atoms with Crippen molar-refractivity contribution in [3.05, 3.63) is 35.4 Å². The molecule has 1 heterocycles. The van der Waals surface area contributed by atoms with Crippen LogP contribution in [0.5, 0.6) is 0 Å². The average molecular weight is 389 g/mol. The van der Waals surface area contributed by atoms with Crippen molar-refractivity contribution in [3.8, 4) is 0 Å². The highest BCUT2D eigenvalue weighted by atomic mass is 16.4. The maximum absolute atomic E-state index is 12.4. The molecule has 1 aliphatic rings. The van der Waals surface area contributed by atoms with E-state index >= 15 is 0 Å². The van der Waals surface area contributed by atoms with Gasteiger partial charge in [-0.15, -0.1) is 0 Å². The molecule has 0 aromatic heterocycles. The van der Waals surface area contributed by atoms with Crippen LogP contribution in [-0.4, -0.2) is 72.0 Å². The van der Waals surface area contributed by atoms with E-state index in [2.05, 4.69) is 5.32 Å². The number of amides is 2. The Kier molecular flexibility index (Phi) is 8.44. The van der Waals surface area contributed by atoms with E-state index in [4.69, 9.17) is 5.11 Å². The number of likely N-dealkylation sites (tertiary alicyclic amines) is 1. The first kappa shape index (κ1) is 21.9. The molecule has 1 aliphatic heterocycles. The highest BCUT2D eigenvalue weighted by molar-refractivity contribution is 5.84. The van der Waals surface area contributed by atoms with E-state index in [-0.39, 0.29) is 30.9 Å². The second-order valence-corrected chi connectivity index (χ2v) is 7.54. The largest absolute Gasteiger partial charge is 0.480 e. The van der Waals surface area contributed by atoms with Crippen LogP contribution in [0.4, 0.5) is 0 Å². The molecule has 0 aliphatic carbocycles. The normalized spacial score (nSPS) is 17.2. The summed E-state index contributed by atoms with van der Waals surface area (Å²) in [7, 11) is 1.81. The smallest absolute Gasteiger partial charge is 0.317 e. The number of aryl methyl sites for hydroxylation is 2. The molecule has 7 nitrogen and oxygen atoms in total. The minimum absolute atomic E-state index is 0.00958. The summed E-state index contributed by atoms with van der Waals surface area (Å²) in [5.74, 6) is -1.04. The Morgan fingerprint density at radius 1 is 1.18 bits per heavy atom. The van der Waals surface area contributed by atoms with E-state index in [1.54, 1.807) is 4.90 Å². The number of rotatable bonds is 8. The van der Waals surface area contributed by atoms with Gasteiger partial charge in [0.15, 0.2) is 0 Å². The molecule has 1 fully saturated rings. The molecule has 7 heteroatoms. The van der Waals surface area contributed by atoms with Gasteiger partial charge in [-0.05, 0) is 45.2 Å². The monoisotopic (exact) mass is 389 g/mol. The number of hydrogen-bond donors (Lipinski definition) is 2. The number of nitrogens with one attached hydrogen (secondary N) is 1. The van der Waals surface area contributed by atoms with Gasteiger partial charge in [0.1, 0.15) is 0 Å². The molecule has 1 aromatic rings. The third-order valence-electron chi connectivity index (χ3n) is 5.26. The van der Waals surface area contributed by atoms with E-state index in [9.17, 15) is 14.4 Å². The van der Waals surface area contributed by atoms with Crippen molar-refractivity contribution < 1.29 is 19.5 Å². The summed E-state index contributed by atoms with van der Waals surface area (Å²) in [6.45, 7) is 3.29. The van der Waals surface area contributed by atoms with Gasteiger partial charge in [0, 0.05) is 25.6 Å². The van der Waals surface area contributed by atoms with Crippen molar-refractivity contribution in [2.75, 3.05) is 33.2 Å². The number of benzene rings is 1. The number of carbonyl (C=O) groups excluding carboxylic acids is 2. The highest BCUT2D eigenvalue weighted by Crippen LogP contribution is 2.15. The summed E-state index contributed by atoms with van der Waals surface area (Å²) < 4.78 is 0. The molecule has 0 spiro atoms. The summed E-state index contributed by atoms with van der Waals surface area (Å²) in [5, 5.41) is 11.7. The molecule has 0 radical (unpaired) electrons. The van der Waals surface area contributed by atoms with Crippen LogP contribution in [0.2, 0.25) is 0 Å². The zero-order valence-corrected chi connectivity index (χ0v) is 16.8. The number of carboxylic acids is 1. The Balaban J connectivity index is 1.71. The lowest BCUT2D eigenvalue weighted by molar-refractivity contribution is -0.138. The molecule has 0 saturated carbocycles. The lowest BCUT2D eigenvalue weighted by Crippen LogP contribution is -2.41. The maximum Gasteiger partial charge on any atom is 0.317 e. The molecule has 1 unspecified atom stereocenters. The van der Waals surface area contributed by atoms with Crippen LogP contribution in [0.3, 0.4) is 0 Å². The van der Waals surface area contributed by atoms with Crippen LogP contribution in [-0.2, 0) is 20.8 Å². The minimum atomic E-state index is -0.840. The van der Waals surface area contributed by atoms with E-state index in [1.807, 2.05) is 43.1 Å². The molecule has 0 bridgehead atoms. The lowest BCUT2D eigenvalue weighted by atomic mass is 10.1. The summed E-state index contributed by atoms with van der Waals surface area (Å²) in [4.78, 5) is 38.9. The molecule has 154 valence electrons. The van der Waals surface area contributed by atoms with E-state index in [0.717, 1.165) is 24.8 Å². The van der Waals surface area contributed by atoms with Crippen LogP contribution >= 0.6 is 0 Å². The van der Waals surface area contributed by atoms with Gasteiger partial charge in [-0.25, -0.2) is 0 Å². The van der Waals surface area contributed by atoms with Gasteiger partial charge in [0.05, 0.1) is 13.1 Å². The van der Waals surface area contributed by atoms with E-state index < -0.39 is 5.97 Å². The summed E-state index contributed by atoms with van der Waals surface area (Å²) >= 11 is 0. The van der Waals surface area contributed by atoms with E-state index in [1.165, 1.54) is 5.56 Å². The van der Waals surface area contributed by atoms with Gasteiger partial charge >= 0.3 is 5.97 Å². The second kappa shape index (κ2) is 10.8. The molecule has 28 heavy (non-hydrogen) atoms. The molecular weight excluding hydrogens is 358 g/mol. The highest BCUT2D eigenvalue weighted by Gasteiger charge is 2.24. The number of carboxylic acid groups (broad SMARTS) is 1. The van der Waals surface area contributed by atoms with Crippen molar-refractivity contribution in [1.29, 1.82) is 0 Å². The van der Waals surface area contributed by atoms with Gasteiger partial charge < -0.3 is 15.3 Å². The first-order valence-electron chi connectivity index (χ1n) is 9.87. The Morgan fingerprint density at radius 2 is 1.89 bits per heavy atom. The summed E-state index contributed by atoms with van der Waals surface area (Å²) in [6, 6.07) is 8.25. The van der Waals surface area contributed by atoms with Gasteiger partial charge in [-0.2, -0.15) is 0 Å². The Morgan fingerprint density at radius 3 is 2.57 bits per heavy atom. The van der Waals surface area contributed by atoms with E-state index in [0.29, 0.717) is 25.9 Å². The summed E-state index contributed by atoms with van der Waals surface area (Å²) in [6.07, 6.45) is 3.47. The minimum Gasteiger partial charge on any atom is -0.480 e. The fraction of sp³-hybridized carbons (Fsp3) is 0.571. The molecule has 1 saturated heterocycles. The van der Waals surface area contributed by atoms with Crippen LogP contribution in [0.1, 0.15) is 36.8 Å². The molecule has 2 N–H and O–H groups in total. The number of likely N-dealkylation sites (N-methyl/N-ethyl adjacent to an activating group) is 1. The molecule has 2 amide bonds. The SMILES string of the molecule is Cc1ccc(CCC(=O)NCC(=O)N2CCCC(N(C)CC(=O)O)CC2)cc1. The number of carbonyl (C=O) groups is 3. The van der Waals surface area contributed by atoms with Crippen molar-refractivity contribution in [2.24, 2.45) is 0 Å². The van der Waals surface area contributed by atoms with Crippen LogP contribution in [0.25, 0.3) is 0 Å². The molecule has 1 aromatic carbocycles. The van der Waals surface area contributed by atoms with Crippen molar-refractivity contribution in [2.45, 2.75) is 45.1 Å². The first-order valence-corrected chi connectivity index (χ1v) is 9.87. The molecular formula is C21H31N3O4. The predicted molar refractivity (Wildman–Crippen MR) is 107 cm³/mol. The number of hydrogen-bond acceptors (Lipinski definition) is 4. The third-order valence-corrected chi connectivity index (χ3v) is 5.26. The van der Waals surface area contributed by atoms with Gasteiger partial charge in [0.2, 0.25) is 11.8 Å². The van der Waals surface area contributed by atoms with Crippen LogP contribution in [0, 0.1) is 6.92 Å². The van der Waals surface area contributed by atoms with Gasteiger partial charge in [-0.1, -0.05) is 29.8 Å². The fourth-order valence-corrected chi connectivity index (χ4v) is 3.50. The van der Waals surface area contributed by atoms with Crippen molar-refractivity contribution >= 4 is 17.8 Å². The fourth-order valence-electron chi connectivity index (χ4n) is 3.50. The van der Waals surface area contributed by atoms with Crippen molar-refractivity contribution in [3.63, 3.8) is 0 Å². The molecule has 1 atom stereocenters. The second-order valence-electron chi connectivity index (χ2n) is 7.54. The molecule has 2 rings (SSSR count). The quantitative estimate of drug-likeness (QED) is 0.702. The van der Waals surface area contributed by atoms with Crippen LogP contribution < -0.4 is 5.32 Å². The van der Waals surface area contributed by atoms with Gasteiger partial charge in [-0.3, -0.25) is 19.3 Å². The van der Waals surface area contributed by atoms with Gasteiger partial charge in [0.25, 0.3) is 0 Å². The van der Waals surface area contributed by atoms with Crippen LogP contribution in [0.15, 0.2) is 24.3 Å². The predicted octanol–water partition coefficient (Wildman–Crippen LogP) is 1.44.